The van der Waals surface area contributed by atoms with Gasteiger partial charge in [-0.25, -0.2) is 9.48 Å². The van der Waals surface area contributed by atoms with E-state index in [0.29, 0.717) is 22.9 Å². The first kappa shape index (κ1) is 23.3. The molecular weight excluding hydrogens is 445 g/mol. The van der Waals surface area contributed by atoms with Crippen LogP contribution in [-0.4, -0.2) is 27.1 Å². The molecule has 34 heavy (non-hydrogen) atoms. The van der Waals surface area contributed by atoms with Crippen molar-refractivity contribution in [3.63, 3.8) is 0 Å². The maximum atomic E-state index is 12.8. The van der Waals surface area contributed by atoms with Crippen molar-refractivity contribution in [2.24, 2.45) is 0 Å². The Morgan fingerprint density at radius 1 is 0.971 bits per heavy atom. The second-order valence-electron chi connectivity index (χ2n) is 8.16. The highest BCUT2D eigenvalue weighted by atomic mass is 19.4. The number of fused-ring (bicyclic) bond motifs is 1. The highest BCUT2D eigenvalue weighted by Crippen LogP contribution is 2.33. The molecule has 1 heterocycles. The van der Waals surface area contributed by atoms with E-state index in [9.17, 15) is 23.1 Å². The number of carbonyl (C=O) groups excluding carboxylic acids is 1. The fourth-order valence-electron chi connectivity index (χ4n) is 3.56. The molecule has 0 saturated heterocycles. The van der Waals surface area contributed by atoms with Gasteiger partial charge in [0.1, 0.15) is 5.82 Å². The number of hydrogen-bond acceptors (Lipinski definition) is 3. The first-order valence-corrected chi connectivity index (χ1v) is 10.6. The van der Waals surface area contributed by atoms with E-state index in [4.69, 9.17) is 0 Å². The third kappa shape index (κ3) is 4.89. The van der Waals surface area contributed by atoms with Crippen LogP contribution >= 0.6 is 0 Å². The average molecular weight is 468 g/mol. The average Bonchev–Trinajstić information content (AvgIpc) is 3.22. The Kier molecular flexibility index (Phi) is 6.30. The van der Waals surface area contributed by atoms with Crippen LogP contribution in [0.2, 0.25) is 0 Å². The van der Waals surface area contributed by atoms with Crippen LogP contribution in [0.5, 0.6) is 0 Å². The van der Waals surface area contributed by atoms with Crippen molar-refractivity contribution in [1.82, 2.24) is 9.78 Å². The number of carbonyl (C=O) groups is 1. The summed E-state index contributed by atoms with van der Waals surface area (Å²) < 4.78 is 39.9. The van der Waals surface area contributed by atoms with Gasteiger partial charge in [0.25, 0.3) is 0 Å². The molecule has 0 radical (unpaired) electrons. The van der Waals surface area contributed by atoms with Gasteiger partial charge in [0, 0.05) is 11.5 Å². The second kappa shape index (κ2) is 9.18. The molecule has 0 aliphatic carbocycles. The molecule has 3 aromatic carbocycles. The standard InChI is InChI=1S/C25H23F3N4O2/c1-15(2)21-14-22(30-24(34)29-20-9-5-7-16-6-3-4-8-19(16)20)32(31-21)18-12-10-17(11-13-18)23(33)25(26,27)28/h3-15,23,33H,1-2H3,(H2,29,30,34). The monoisotopic (exact) mass is 468 g/mol. The van der Waals surface area contributed by atoms with Crippen LogP contribution in [0.4, 0.5) is 29.5 Å². The Hall–Kier alpha value is -3.85. The summed E-state index contributed by atoms with van der Waals surface area (Å²) in [5.74, 6) is 0.403. The van der Waals surface area contributed by atoms with Crippen molar-refractivity contribution in [2.45, 2.75) is 32.0 Å². The minimum Gasteiger partial charge on any atom is -0.379 e. The van der Waals surface area contributed by atoms with Gasteiger partial charge >= 0.3 is 12.2 Å². The minimum absolute atomic E-state index is 0.0502. The normalized spacial score (nSPS) is 12.7. The Balaban J connectivity index is 1.61. The van der Waals surface area contributed by atoms with Crippen LogP contribution in [0.1, 0.15) is 37.1 Å². The molecule has 0 spiro atoms. The van der Waals surface area contributed by atoms with E-state index in [-0.39, 0.29) is 11.5 Å². The molecule has 1 atom stereocenters. The number of hydrogen-bond donors (Lipinski definition) is 3. The molecule has 1 aromatic heterocycles. The maximum Gasteiger partial charge on any atom is 0.418 e. The van der Waals surface area contributed by atoms with Gasteiger partial charge in [-0.2, -0.15) is 18.3 Å². The second-order valence-corrected chi connectivity index (χ2v) is 8.16. The number of benzene rings is 3. The zero-order chi connectivity index (χ0) is 24.5. The van der Waals surface area contributed by atoms with Crippen LogP contribution in [0.3, 0.4) is 0 Å². The molecule has 176 valence electrons. The number of aromatic nitrogens is 2. The number of urea groups is 1. The lowest BCUT2D eigenvalue weighted by Gasteiger charge is -2.15. The fourth-order valence-corrected chi connectivity index (χ4v) is 3.56. The predicted octanol–water partition coefficient (Wildman–Crippen LogP) is 6.39. The van der Waals surface area contributed by atoms with E-state index < -0.39 is 18.3 Å². The molecule has 1 unspecified atom stereocenters. The Morgan fingerprint density at radius 3 is 2.32 bits per heavy atom. The summed E-state index contributed by atoms with van der Waals surface area (Å²) in [7, 11) is 0. The SMILES string of the molecule is CC(C)c1cc(NC(=O)Nc2cccc3ccccc23)n(-c2ccc(C(O)C(F)(F)F)cc2)n1. The van der Waals surface area contributed by atoms with Crippen molar-refractivity contribution in [2.75, 3.05) is 10.6 Å². The molecule has 4 rings (SSSR count). The first-order valence-electron chi connectivity index (χ1n) is 10.6. The quantitative estimate of drug-likeness (QED) is 0.318. The lowest BCUT2D eigenvalue weighted by molar-refractivity contribution is -0.206. The van der Waals surface area contributed by atoms with Gasteiger partial charge in [-0.05, 0) is 35.1 Å². The van der Waals surface area contributed by atoms with Gasteiger partial charge in [0.15, 0.2) is 6.10 Å². The highest BCUT2D eigenvalue weighted by molar-refractivity contribution is 6.06. The molecule has 3 N–H and O–H groups in total. The number of nitrogens with zero attached hydrogens (tertiary/aromatic N) is 2. The molecule has 0 aliphatic rings. The Labute approximate surface area is 194 Å². The number of amides is 2. The van der Waals surface area contributed by atoms with Gasteiger partial charge < -0.3 is 10.4 Å². The van der Waals surface area contributed by atoms with Crippen molar-refractivity contribution in [3.05, 3.63) is 84.1 Å². The molecular formula is C25H23F3N4O2. The van der Waals surface area contributed by atoms with Gasteiger partial charge in [-0.3, -0.25) is 5.32 Å². The molecule has 0 fully saturated rings. The molecule has 6 nitrogen and oxygen atoms in total. The number of rotatable bonds is 5. The predicted molar refractivity (Wildman–Crippen MR) is 125 cm³/mol. The van der Waals surface area contributed by atoms with Crippen LogP contribution in [0.15, 0.2) is 72.8 Å². The summed E-state index contributed by atoms with van der Waals surface area (Å²) in [6.07, 6.45) is -7.33. The summed E-state index contributed by atoms with van der Waals surface area (Å²) in [6, 6.07) is 19.7. The summed E-state index contributed by atoms with van der Waals surface area (Å²) in [6.45, 7) is 3.88. The summed E-state index contributed by atoms with van der Waals surface area (Å²) in [5, 5.41) is 21.5. The highest BCUT2D eigenvalue weighted by Gasteiger charge is 2.39. The molecule has 0 saturated carbocycles. The van der Waals surface area contributed by atoms with E-state index >= 15 is 0 Å². The molecule has 0 bridgehead atoms. The molecule has 4 aromatic rings. The maximum absolute atomic E-state index is 12.8. The summed E-state index contributed by atoms with van der Waals surface area (Å²) in [4.78, 5) is 12.8. The zero-order valence-corrected chi connectivity index (χ0v) is 18.5. The number of anilines is 2. The van der Waals surface area contributed by atoms with E-state index in [1.165, 1.54) is 28.9 Å². The summed E-state index contributed by atoms with van der Waals surface area (Å²) >= 11 is 0. The van der Waals surface area contributed by atoms with Crippen LogP contribution in [0, 0.1) is 0 Å². The minimum atomic E-state index is -4.76. The lowest BCUT2D eigenvalue weighted by Crippen LogP contribution is -2.21. The van der Waals surface area contributed by atoms with E-state index in [0.717, 1.165) is 10.8 Å². The number of halogens is 3. The summed E-state index contributed by atoms with van der Waals surface area (Å²) in [5.41, 5.74) is 1.48. The van der Waals surface area contributed by atoms with Crippen LogP contribution < -0.4 is 10.6 Å². The number of nitrogens with one attached hydrogen (secondary N) is 2. The lowest BCUT2D eigenvalue weighted by atomic mass is 10.1. The van der Waals surface area contributed by atoms with E-state index in [1.807, 2.05) is 50.2 Å². The van der Waals surface area contributed by atoms with E-state index in [1.54, 1.807) is 12.1 Å². The van der Waals surface area contributed by atoms with Crippen LogP contribution in [-0.2, 0) is 0 Å². The molecule has 9 heteroatoms. The molecule has 2 amide bonds. The van der Waals surface area contributed by atoms with Gasteiger partial charge in [-0.15, -0.1) is 0 Å². The fraction of sp³-hybridized carbons (Fsp3) is 0.200. The third-order valence-electron chi connectivity index (χ3n) is 5.36. The van der Waals surface area contributed by atoms with Crippen molar-refractivity contribution in [3.8, 4) is 5.69 Å². The number of aliphatic hydroxyl groups excluding tert-OH is 1. The molecule has 0 aliphatic heterocycles. The third-order valence-corrected chi connectivity index (χ3v) is 5.36. The van der Waals surface area contributed by atoms with E-state index in [2.05, 4.69) is 15.7 Å². The number of aliphatic hydroxyl groups is 1. The largest absolute Gasteiger partial charge is 0.418 e. The van der Waals surface area contributed by atoms with Gasteiger partial charge in [-0.1, -0.05) is 62.4 Å². The van der Waals surface area contributed by atoms with Crippen molar-refractivity contribution >= 4 is 28.3 Å². The Bertz CT molecular complexity index is 1310. The van der Waals surface area contributed by atoms with Gasteiger partial charge in [0.2, 0.25) is 0 Å². The number of alkyl halides is 3. The Morgan fingerprint density at radius 2 is 1.65 bits per heavy atom. The topological polar surface area (TPSA) is 79.2 Å². The van der Waals surface area contributed by atoms with Gasteiger partial charge in [0.05, 0.1) is 17.1 Å². The van der Waals surface area contributed by atoms with Crippen molar-refractivity contribution in [1.29, 1.82) is 0 Å². The van der Waals surface area contributed by atoms with Crippen LogP contribution in [0.25, 0.3) is 16.5 Å². The smallest absolute Gasteiger partial charge is 0.379 e. The van der Waals surface area contributed by atoms with Crippen molar-refractivity contribution < 1.29 is 23.1 Å². The zero-order valence-electron chi connectivity index (χ0n) is 18.5. The first-order chi connectivity index (χ1) is 16.1.